The summed E-state index contributed by atoms with van der Waals surface area (Å²) >= 11 is 1.33. The Kier molecular flexibility index (Phi) is 5.04. The molecule has 0 saturated heterocycles. The first kappa shape index (κ1) is 17.0. The van der Waals surface area contributed by atoms with Crippen molar-refractivity contribution in [2.24, 2.45) is 5.10 Å². The van der Waals surface area contributed by atoms with E-state index in [0.29, 0.717) is 10.6 Å². The Labute approximate surface area is 148 Å². The molecule has 3 aromatic rings. The Morgan fingerprint density at radius 3 is 2.72 bits per heavy atom. The third-order valence-electron chi connectivity index (χ3n) is 3.66. The Morgan fingerprint density at radius 2 is 2.04 bits per heavy atom. The fourth-order valence-electron chi connectivity index (χ4n) is 2.21. The molecule has 1 aromatic carbocycles. The van der Waals surface area contributed by atoms with E-state index in [2.05, 4.69) is 15.6 Å². The van der Waals surface area contributed by atoms with Crippen molar-refractivity contribution in [3.8, 4) is 10.4 Å². The summed E-state index contributed by atoms with van der Waals surface area (Å²) in [6, 6.07) is 9.76. The zero-order chi connectivity index (χ0) is 17.8. The first-order valence-corrected chi connectivity index (χ1v) is 8.61. The second kappa shape index (κ2) is 7.40. The van der Waals surface area contributed by atoms with Crippen molar-refractivity contribution in [3.63, 3.8) is 0 Å². The van der Waals surface area contributed by atoms with Crippen molar-refractivity contribution in [2.75, 3.05) is 0 Å². The van der Waals surface area contributed by atoms with E-state index in [1.165, 1.54) is 23.5 Å². The summed E-state index contributed by atoms with van der Waals surface area (Å²) in [6.45, 7) is 4.59. The standard InChI is InChI=1S/C18H17FN4OS/c1-3-23-11-14(10-20-23)12(2)21-22-18(24)17-9-8-16(25-17)13-4-6-15(19)7-5-13/h4-11H,3H2,1-2H3,(H,22,24). The van der Waals surface area contributed by atoms with Gasteiger partial charge in [-0.1, -0.05) is 12.1 Å². The number of carbonyl (C=O) groups is 1. The quantitative estimate of drug-likeness (QED) is 0.556. The highest BCUT2D eigenvalue weighted by atomic mass is 32.1. The van der Waals surface area contributed by atoms with Crippen molar-refractivity contribution in [3.05, 3.63) is 65.0 Å². The number of halogens is 1. The van der Waals surface area contributed by atoms with Crippen LogP contribution in [0, 0.1) is 5.82 Å². The van der Waals surface area contributed by atoms with E-state index < -0.39 is 0 Å². The predicted octanol–water partition coefficient (Wildman–Crippen LogP) is 3.92. The molecule has 3 rings (SSSR count). The molecule has 0 spiro atoms. The molecule has 0 aliphatic rings. The Hall–Kier alpha value is -2.80. The van der Waals surface area contributed by atoms with Crippen LogP contribution in [0.4, 0.5) is 4.39 Å². The van der Waals surface area contributed by atoms with Crippen molar-refractivity contribution < 1.29 is 9.18 Å². The molecule has 0 atom stereocenters. The lowest BCUT2D eigenvalue weighted by atomic mass is 10.2. The summed E-state index contributed by atoms with van der Waals surface area (Å²) in [5, 5.41) is 8.32. The molecule has 0 unspecified atom stereocenters. The summed E-state index contributed by atoms with van der Waals surface area (Å²) < 4.78 is 14.8. The number of amides is 1. The van der Waals surface area contributed by atoms with E-state index in [9.17, 15) is 9.18 Å². The lowest BCUT2D eigenvalue weighted by Gasteiger charge is -1.99. The molecule has 0 saturated carbocycles. The number of nitrogens with one attached hydrogen (secondary N) is 1. The van der Waals surface area contributed by atoms with Gasteiger partial charge in [0, 0.05) is 23.2 Å². The van der Waals surface area contributed by atoms with Crippen molar-refractivity contribution in [2.45, 2.75) is 20.4 Å². The molecule has 25 heavy (non-hydrogen) atoms. The zero-order valence-electron chi connectivity index (χ0n) is 13.9. The molecule has 5 nitrogen and oxygen atoms in total. The van der Waals surface area contributed by atoms with Crippen LogP contribution in [0.2, 0.25) is 0 Å². The first-order chi connectivity index (χ1) is 12.1. The molecule has 7 heteroatoms. The van der Waals surface area contributed by atoms with E-state index in [4.69, 9.17) is 0 Å². The summed E-state index contributed by atoms with van der Waals surface area (Å²) in [7, 11) is 0. The van der Waals surface area contributed by atoms with E-state index in [1.807, 2.05) is 26.1 Å². The molecule has 0 fully saturated rings. The van der Waals surface area contributed by atoms with E-state index in [-0.39, 0.29) is 11.7 Å². The summed E-state index contributed by atoms with van der Waals surface area (Å²) in [4.78, 5) is 13.7. The minimum atomic E-state index is -0.283. The number of hydrogen-bond acceptors (Lipinski definition) is 4. The number of hydrazone groups is 1. The molecule has 2 heterocycles. The molecule has 2 aromatic heterocycles. The van der Waals surface area contributed by atoms with Gasteiger partial charge in [-0.15, -0.1) is 11.3 Å². The topological polar surface area (TPSA) is 59.3 Å². The number of aryl methyl sites for hydroxylation is 1. The van der Waals surface area contributed by atoms with E-state index in [0.717, 1.165) is 22.5 Å². The van der Waals surface area contributed by atoms with Gasteiger partial charge in [0.05, 0.1) is 16.8 Å². The van der Waals surface area contributed by atoms with Crippen LogP contribution < -0.4 is 5.43 Å². The molecule has 0 bridgehead atoms. The lowest BCUT2D eigenvalue weighted by Crippen LogP contribution is -2.18. The van der Waals surface area contributed by atoms with Crippen LogP contribution in [0.1, 0.15) is 29.1 Å². The minimum absolute atomic E-state index is 0.277. The van der Waals surface area contributed by atoms with E-state index >= 15 is 0 Å². The highest BCUT2D eigenvalue weighted by Crippen LogP contribution is 2.28. The Bertz CT molecular complexity index is 911. The van der Waals surface area contributed by atoms with Crippen LogP contribution in [0.3, 0.4) is 0 Å². The maximum atomic E-state index is 13.0. The first-order valence-electron chi connectivity index (χ1n) is 7.80. The average Bonchev–Trinajstić information content (AvgIpc) is 3.29. The van der Waals surface area contributed by atoms with Crippen molar-refractivity contribution in [1.29, 1.82) is 0 Å². The number of nitrogens with zero attached hydrogens (tertiary/aromatic N) is 3. The Balaban J connectivity index is 1.69. The maximum Gasteiger partial charge on any atom is 0.281 e. The van der Waals surface area contributed by atoms with E-state index in [1.54, 1.807) is 29.1 Å². The molecular weight excluding hydrogens is 339 g/mol. The van der Waals surface area contributed by atoms with Gasteiger partial charge in [0.25, 0.3) is 5.91 Å². The van der Waals surface area contributed by atoms with Crippen LogP contribution in [0.15, 0.2) is 53.9 Å². The molecule has 0 radical (unpaired) electrons. The maximum absolute atomic E-state index is 13.0. The van der Waals surface area contributed by atoms with Gasteiger partial charge >= 0.3 is 0 Å². The SMILES string of the molecule is CCn1cc(C(C)=NNC(=O)c2ccc(-c3ccc(F)cc3)s2)cn1. The molecule has 1 amide bonds. The number of thiophene rings is 1. The monoisotopic (exact) mass is 356 g/mol. The van der Waals surface area contributed by atoms with Crippen LogP contribution in [-0.4, -0.2) is 21.4 Å². The highest BCUT2D eigenvalue weighted by Gasteiger charge is 2.10. The minimum Gasteiger partial charge on any atom is -0.272 e. The number of hydrogen-bond donors (Lipinski definition) is 1. The van der Waals surface area contributed by atoms with Crippen LogP contribution >= 0.6 is 11.3 Å². The molecule has 128 valence electrons. The second-order valence-corrected chi connectivity index (χ2v) is 6.48. The fraction of sp³-hybridized carbons (Fsp3) is 0.167. The molecule has 0 aliphatic heterocycles. The van der Waals surface area contributed by atoms with Gasteiger partial charge in [-0.25, -0.2) is 9.82 Å². The average molecular weight is 356 g/mol. The zero-order valence-corrected chi connectivity index (χ0v) is 14.7. The largest absolute Gasteiger partial charge is 0.281 e. The summed E-state index contributed by atoms with van der Waals surface area (Å²) in [5.41, 5.74) is 4.98. The lowest BCUT2D eigenvalue weighted by molar-refractivity contribution is 0.0959. The van der Waals surface area contributed by atoms with Gasteiger partial charge in [-0.2, -0.15) is 10.2 Å². The third kappa shape index (κ3) is 4.00. The normalized spacial score (nSPS) is 11.6. The smallest absolute Gasteiger partial charge is 0.272 e. The highest BCUT2D eigenvalue weighted by molar-refractivity contribution is 7.17. The van der Waals surface area contributed by atoms with Crippen LogP contribution in [-0.2, 0) is 6.54 Å². The van der Waals surface area contributed by atoms with Gasteiger partial charge in [-0.05, 0) is 43.7 Å². The number of aromatic nitrogens is 2. The molecule has 1 N–H and O–H groups in total. The van der Waals surface area contributed by atoms with Gasteiger partial charge in [0.2, 0.25) is 0 Å². The van der Waals surface area contributed by atoms with Crippen molar-refractivity contribution in [1.82, 2.24) is 15.2 Å². The predicted molar refractivity (Wildman–Crippen MR) is 97.3 cm³/mol. The summed E-state index contributed by atoms with van der Waals surface area (Å²) in [6.07, 6.45) is 3.59. The molecular formula is C18H17FN4OS. The number of carbonyl (C=O) groups excluding carboxylic acids is 1. The Morgan fingerprint density at radius 1 is 1.28 bits per heavy atom. The van der Waals surface area contributed by atoms with Gasteiger partial charge in [-0.3, -0.25) is 9.48 Å². The molecule has 0 aliphatic carbocycles. The fourth-order valence-corrected chi connectivity index (χ4v) is 3.11. The van der Waals surface area contributed by atoms with Gasteiger partial charge < -0.3 is 0 Å². The van der Waals surface area contributed by atoms with Gasteiger partial charge in [0.15, 0.2) is 0 Å². The van der Waals surface area contributed by atoms with Crippen LogP contribution in [0.25, 0.3) is 10.4 Å². The second-order valence-electron chi connectivity index (χ2n) is 5.39. The van der Waals surface area contributed by atoms with Crippen molar-refractivity contribution >= 4 is 23.0 Å². The third-order valence-corrected chi connectivity index (χ3v) is 4.79. The van der Waals surface area contributed by atoms with Crippen LogP contribution in [0.5, 0.6) is 0 Å². The summed E-state index contributed by atoms with van der Waals surface area (Å²) in [5.74, 6) is -0.560. The number of rotatable bonds is 5. The van der Waals surface area contributed by atoms with Gasteiger partial charge in [0.1, 0.15) is 5.82 Å². The number of benzene rings is 1.